The quantitative estimate of drug-likeness (QED) is 0.775. The highest BCUT2D eigenvalue weighted by Crippen LogP contribution is 2.23. The topological polar surface area (TPSA) is 82.6 Å². The Morgan fingerprint density at radius 1 is 1.29 bits per heavy atom. The Balaban J connectivity index is 1.47. The molecule has 1 aromatic heterocycles. The number of rotatable bonds is 6. The van der Waals surface area contributed by atoms with Gasteiger partial charge in [0.2, 0.25) is 15.9 Å². The molecule has 0 saturated carbocycles. The lowest BCUT2D eigenvalue weighted by Gasteiger charge is -2.34. The van der Waals surface area contributed by atoms with Crippen molar-refractivity contribution in [2.24, 2.45) is 11.8 Å². The second-order valence-corrected chi connectivity index (χ2v) is 10.2. The summed E-state index contributed by atoms with van der Waals surface area (Å²) >= 11 is 0. The Kier molecular flexibility index (Phi) is 7.06. The maximum absolute atomic E-state index is 12.7. The minimum absolute atomic E-state index is 0.0518. The molecule has 1 N–H and O–H groups in total. The van der Waals surface area contributed by atoms with Crippen LogP contribution in [0.15, 0.2) is 29.4 Å². The number of carbonyl (C=O) groups excluding carboxylic acids is 1. The number of carbonyl (C=O) groups is 1. The van der Waals surface area contributed by atoms with Gasteiger partial charge in [0.05, 0.1) is 0 Å². The van der Waals surface area contributed by atoms with Crippen LogP contribution < -0.4 is 5.32 Å². The number of hydrogen-bond donors (Lipinski definition) is 1. The van der Waals surface area contributed by atoms with Crippen molar-refractivity contribution in [1.29, 1.82) is 0 Å². The largest absolute Gasteiger partial charge is 0.352 e. The summed E-state index contributed by atoms with van der Waals surface area (Å²) in [6.07, 6.45) is 6.56. The molecule has 2 aliphatic rings. The fourth-order valence-corrected chi connectivity index (χ4v) is 5.69. The summed E-state index contributed by atoms with van der Waals surface area (Å²) < 4.78 is 26.8. The van der Waals surface area contributed by atoms with Crippen LogP contribution in [0.1, 0.15) is 39.5 Å². The summed E-state index contributed by atoms with van der Waals surface area (Å²) in [6, 6.07) is 3.29. The van der Waals surface area contributed by atoms with Crippen molar-refractivity contribution in [3.63, 3.8) is 0 Å². The molecule has 2 atom stereocenters. The molecule has 0 bridgehead atoms. The van der Waals surface area contributed by atoms with E-state index in [-0.39, 0.29) is 22.8 Å². The molecule has 0 aliphatic carbocycles. The average Bonchev–Trinajstić information content (AvgIpc) is 2.68. The minimum atomic E-state index is -3.53. The van der Waals surface area contributed by atoms with Crippen molar-refractivity contribution < 1.29 is 13.2 Å². The van der Waals surface area contributed by atoms with Crippen LogP contribution in [0.5, 0.6) is 0 Å². The van der Waals surface area contributed by atoms with Gasteiger partial charge in [-0.3, -0.25) is 9.78 Å². The van der Waals surface area contributed by atoms with Crippen LogP contribution in [0.2, 0.25) is 0 Å². The third-order valence-electron chi connectivity index (χ3n) is 5.76. The third kappa shape index (κ3) is 5.30. The molecule has 0 aromatic carbocycles. The fourth-order valence-electron chi connectivity index (χ4n) is 4.25. The lowest BCUT2D eigenvalue weighted by molar-refractivity contribution is -0.126. The highest BCUT2D eigenvalue weighted by atomic mass is 32.2. The van der Waals surface area contributed by atoms with Crippen LogP contribution in [-0.4, -0.2) is 67.3 Å². The van der Waals surface area contributed by atoms with Gasteiger partial charge >= 0.3 is 0 Å². The highest BCUT2D eigenvalue weighted by Gasteiger charge is 2.32. The van der Waals surface area contributed by atoms with E-state index in [2.05, 4.69) is 29.0 Å². The summed E-state index contributed by atoms with van der Waals surface area (Å²) in [5.41, 5.74) is 0. The molecule has 2 fully saturated rings. The Morgan fingerprint density at radius 2 is 2.04 bits per heavy atom. The molecule has 2 unspecified atom stereocenters. The summed E-state index contributed by atoms with van der Waals surface area (Å²) in [7, 11) is -3.53. The maximum atomic E-state index is 12.7. The molecule has 0 spiro atoms. The maximum Gasteiger partial charge on any atom is 0.244 e. The van der Waals surface area contributed by atoms with E-state index in [9.17, 15) is 13.2 Å². The van der Waals surface area contributed by atoms with Crippen molar-refractivity contribution >= 4 is 15.9 Å². The molecule has 1 amide bonds. The predicted molar refractivity (Wildman–Crippen MR) is 108 cm³/mol. The Morgan fingerprint density at radius 3 is 2.68 bits per heavy atom. The third-order valence-corrected chi connectivity index (χ3v) is 7.64. The number of pyridine rings is 1. The Hall–Kier alpha value is -1.51. The highest BCUT2D eigenvalue weighted by molar-refractivity contribution is 7.89. The van der Waals surface area contributed by atoms with Crippen molar-refractivity contribution in [2.75, 3.05) is 32.7 Å². The zero-order valence-corrected chi connectivity index (χ0v) is 17.7. The van der Waals surface area contributed by atoms with E-state index >= 15 is 0 Å². The normalized spacial score (nSPS) is 24.0. The molecule has 28 heavy (non-hydrogen) atoms. The molecular weight excluding hydrogens is 376 g/mol. The molecule has 1 aromatic rings. The van der Waals surface area contributed by atoms with Gasteiger partial charge in [0.15, 0.2) is 0 Å². The van der Waals surface area contributed by atoms with E-state index in [0.717, 1.165) is 25.6 Å². The van der Waals surface area contributed by atoms with Gasteiger partial charge in [0, 0.05) is 50.5 Å². The average molecular weight is 409 g/mol. The molecular formula is C20H32N4O3S. The van der Waals surface area contributed by atoms with Crippen LogP contribution >= 0.6 is 0 Å². The fraction of sp³-hybridized carbons (Fsp3) is 0.700. The lowest BCUT2D eigenvalue weighted by Crippen LogP contribution is -2.48. The van der Waals surface area contributed by atoms with E-state index in [4.69, 9.17) is 0 Å². The van der Waals surface area contributed by atoms with Crippen molar-refractivity contribution in [1.82, 2.24) is 19.5 Å². The van der Waals surface area contributed by atoms with Crippen LogP contribution in [-0.2, 0) is 14.8 Å². The molecule has 2 aliphatic heterocycles. The number of likely N-dealkylation sites (tertiary alicyclic amines) is 1. The van der Waals surface area contributed by atoms with Crippen molar-refractivity contribution in [3.05, 3.63) is 24.5 Å². The number of aromatic nitrogens is 1. The van der Waals surface area contributed by atoms with Gasteiger partial charge in [-0.15, -0.1) is 0 Å². The minimum Gasteiger partial charge on any atom is -0.352 e. The zero-order chi connectivity index (χ0) is 20.1. The van der Waals surface area contributed by atoms with Crippen molar-refractivity contribution in [3.8, 4) is 0 Å². The van der Waals surface area contributed by atoms with Gasteiger partial charge in [0.1, 0.15) is 4.90 Å². The van der Waals surface area contributed by atoms with E-state index in [1.807, 2.05) is 0 Å². The van der Waals surface area contributed by atoms with Gasteiger partial charge in [-0.2, -0.15) is 4.31 Å². The molecule has 3 heterocycles. The number of amides is 1. The number of piperidine rings is 2. The molecule has 7 nitrogen and oxygen atoms in total. The van der Waals surface area contributed by atoms with Crippen molar-refractivity contribution in [2.45, 2.75) is 50.5 Å². The zero-order valence-electron chi connectivity index (χ0n) is 16.9. The smallest absolute Gasteiger partial charge is 0.244 e. The Bertz CT molecular complexity index is 748. The number of hydrogen-bond acceptors (Lipinski definition) is 5. The van der Waals surface area contributed by atoms with Gasteiger partial charge in [-0.05, 0) is 57.2 Å². The summed E-state index contributed by atoms with van der Waals surface area (Å²) in [4.78, 5) is 19.2. The van der Waals surface area contributed by atoms with E-state index < -0.39 is 10.0 Å². The predicted octanol–water partition coefficient (Wildman–Crippen LogP) is 1.72. The first-order valence-electron chi connectivity index (χ1n) is 10.3. The Labute approximate surface area is 168 Å². The first kappa shape index (κ1) is 21.2. The molecule has 156 valence electrons. The van der Waals surface area contributed by atoms with Gasteiger partial charge in [-0.1, -0.05) is 6.92 Å². The molecule has 3 rings (SSSR count). The monoisotopic (exact) mass is 408 g/mol. The first-order valence-corrected chi connectivity index (χ1v) is 11.7. The van der Waals surface area contributed by atoms with Gasteiger partial charge < -0.3 is 10.2 Å². The van der Waals surface area contributed by atoms with Crippen LogP contribution in [0.3, 0.4) is 0 Å². The molecule has 0 radical (unpaired) electrons. The summed E-state index contributed by atoms with van der Waals surface area (Å²) in [5.74, 6) is 0.654. The van der Waals surface area contributed by atoms with Gasteiger partial charge in [-0.25, -0.2) is 8.42 Å². The second kappa shape index (κ2) is 9.33. The van der Waals surface area contributed by atoms with E-state index in [1.165, 1.54) is 23.3 Å². The van der Waals surface area contributed by atoms with Gasteiger partial charge in [0.25, 0.3) is 0 Å². The van der Waals surface area contributed by atoms with Crippen LogP contribution in [0, 0.1) is 11.8 Å². The van der Waals surface area contributed by atoms with Crippen LogP contribution in [0.4, 0.5) is 0 Å². The summed E-state index contributed by atoms with van der Waals surface area (Å²) in [6.45, 7) is 8.16. The lowest BCUT2D eigenvalue weighted by atomic mass is 9.96. The van der Waals surface area contributed by atoms with E-state index in [1.54, 1.807) is 18.3 Å². The van der Waals surface area contributed by atoms with Crippen LogP contribution in [0.25, 0.3) is 0 Å². The SMILES string of the molecule is CC1CCCN(CC(C)NC(=O)C2CCN(S(=O)(=O)c3cccnc3)CC2)C1. The first-order chi connectivity index (χ1) is 13.4. The molecule has 8 heteroatoms. The number of sulfonamides is 1. The molecule has 2 saturated heterocycles. The second-order valence-electron chi connectivity index (χ2n) is 8.28. The summed E-state index contributed by atoms with van der Waals surface area (Å²) in [5, 5.41) is 3.14. The number of nitrogens with one attached hydrogen (secondary N) is 1. The standard InChI is InChI=1S/C20H32N4O3S/c1-16-5-4-10-23(14-16)15-17(2)22-20(25)18-7-11-24(12-8-18)28(26,27)19-6-3-9-21-13-19/h3,6,9,13,16-18H,4-5,7-8,10-12,14-15H2,1-2H3,(H,22,25). The number of nitrogens with zero attached hydrogens (tertiary/aromatic N) is 3. The van der Waals surface area contributed by atoms with E-state index in [0.29, 0.717) is 25.9 Å².